The van der Waals surface area contributed by atoms with E-state index in [-0.39, 0.29) is 11.3 Å². The smallest absolute Gasteiger partial charge is 0.261 e. The summed E-state index contributed by atoms with van der Waals surface area (Å²) in [7, 11) is 0. The van der Waals surface area contributed by atoms with Crippen molar-refractivity contribution < 1.29 is 14.0 Å². The van der Waals surface area contributed by atoms with Gasteiger partial charge < -0.3 is 5.32 Å². The van der Waals surface area contributed by atoms with Gasteiger partial charge >= 0.3 is 0 Å². The van der Waals surface area contributed by atoms with Crippen LogP contribution in [0, 0.1) is 5.82 Å². The highest BCUT2D eigenvalue weighted by Crippen LogP contribution is 2.28. The fourth-order valence-corrected chi connectivity index (χ4v) is 2.03. The number of halogens is 1. The van der Waals surface area contributed by atoms with E-state index < -0.39 is 17.6 Å². The van der Waals surface area contributed by atoms with E-state index in [0.29, 0.717) is 11.3 Å². The highest BCUT2D eigenvalue weighted by atomic mass is 19.1. The van der Waals surface area contributed by atoms with Gasteiger partial charge in [-0.3, -0.25) is 14.9 Å². The van der Waals surface area contributed by atoms with Gasteiger partial charge in [0.15, 0.2) is 0 Å². The van der Waals surface area contributed by atoms with E-state index in [1.807, 2.05) is 0 Å². The molecular weight excluding hydrogens is 247 g/mol. The Kier molecular flexibility index (Phi) is 2.52. The fraction of sp³-hybridized carbons (Fsp3) is 0. The fourth-order valence-electron chi connectivity index (χ4n) is 2.03. The second kappa shape index (κ2) is 4.20. The maximum atomic E-state index is 13.6. The van der Waals surface area contributed by atoms with Gasteiger partial charge in [0, 0.05) is 0 Å². The topological polar surface area (TPSA) is 58.2 Å². The third-order valence-corrected chi connectivity index (χ3v) is 2.91. The van der Waals surface area contributed by atoms with Crippen molar-refractivity contribution in [3.05, 3.63) is 59.4 Å². The van der Waals surface area contributed by atoms with Gasteiger partial charge in [-0.2, -0.15) is 0 Å². The summed E-state index contributed by atoms with van der Waals surface area (Å²) in [4.78, 5) is 23.2. The van der Waals surface area contributed by atoms with Crippen LogP contribution in [-0.4, -0.2) is 11.8 Å². The van der Waals surface area contributed by atoms with Gasteiger partial charge in [0.25, 0.3) is 11.8 Å². The van der Waals surface area contributed by atoms with Crippen LogP contribution in [0.4, 0.5) is 15.8 Å². The molecule has 2 aromatic rings. The van der Waals surface area contributed by atoms with E-state index in [1.54, 1.807) is 36.4 Å². The Balaban J connectivity index is 2.06. The molecule has 0 aliphatic carbocycles. The van der Waals surface area contributed by atoms with Crippen LogP contribution >= 0.6 is 0 Å². The largest absolute Gasteiger partial charge is 0.352 e. The van der Waals surface area contributed by atoms with Gasteiger partial charge in [-0.25, -0.2) is 4.39 Å². The van der Waals surface area contributed by atoms with Crippen molar-refractivity contribution in [2.75, 3.05) is 5.32 Å². The monoisotopic (exact) mass is 256 g/mol. The lowest BCUT2D eigenvalue weighted by molar-refractivity contribution is 0.0880. The number of para-hydroxylation sites is 1. The van der Waals surface area contributed by atoms with Gasteiger partial charge in [-0.05, 0) is 24.3 Å². The first-order valence-corrected chi connectivity index (χ1v) is 5.67. The van der Waals surface area contributed by atoms with Gasteiger partial charge in [-0.1, -0.05) is 18.2 Å². The molecule has 0 radical (unpaired) electrons. The van der Waals surface area contributed by atoms with E-state index in [9.17, 15) is 14.0 Å². The molecule has 2 N–H and O–H groups in total. The molecule has 3 rings (SSSR count). The Morgan fingerprint density at radius 3 is 2.42 bits per heavy atom. The molecule has 1 aliphatic rings. The van der Waals surface area contributed by atoms with Crippen molar-refractivity contribution in [1.29, 1.82) is 0 Å². The number of hydrogen-bond acceptors (Lipinski definition) is 3. The molecule has 2 amide bonds. The number of carbonyl (C=O) groups is 2. The maximum absolute atomic E-state index is 13.6. The molecule has 0 unspecified atom stereocenters. The lowest BCUT2D eigenvalue weighted by Crippen LogP contribution is -2.20. The number of rotatable bonds is 2. The third-order valence-electron chi connectivity index (χ3n) is 2.91. The summed E-state index contributed by atoms with van der Waals surface area (Å²) in [6.45, 7) is 0. The molecule has 0 saturated carbocycles. The van der Waals surface area contributed by atoms with Crippen LogP contribution in [0.1, 0.15) is 20.7 Å². The van der Waals surface area contributed by atoms with Crippen molar-refractivity contribution in [3.8, 4) is 0 Å². The number of amides is 2. The van der Waals surface area contributed by atoms with Crippen molar-refractivity contribution in [1.82, 2.24) is 5.32 Å². The molecule has 0 saturated heterocycles. The number of hydrogen-bond donors (Lipinski definition) is 2. The molecular formula is C14H9FN2O2. The minimum atomic E-state index is -0.473. The van der Waals surface area contributed by atoms with Crippen molar-refractivity contribution in [2.45, 2.75) is 0 Å². The number of imide groups is 1. The summed E-state index contributed by atoms with van der Waals surface area (Å²) in [5.74, 6) is -1.33. The molecule has 94 valence electrons. The number of fused-ring (bicyclic) bond motifs is 1. The van der Waals surface area contributed by atoms with Crippen LogP contribution in [0.15, 0.2) is 42.5 Å². The average Bonchev–Trinajstić information content (AvgIpc) is 2.69. The normalized spacial score (nSPS) is 13.1. The highest BCUT2D eigenvalue weighted by molar-refractivity contribution is 6.24. The number of anilines is 2. The maximum Gasteiger partial charge on any atom is 0.261 e. The number of benzene rings is 2. The van der Waals surface area contributed by atoms with E-state index in [0.717, 1.165) is 0 Å². The zero-order chi connectivity index (χ0) is 13.4. The summed E-state index contributed by atoms with van der Waals surface area (Å²) in [5.41, 5.74) is 1.20. The molecule has 4 nitrogen and oxygen atoms in total. The average molecular weight is 256 g/mol. The minimum absolute atomic E-state index is 0.246. The van der Waals surface area contributed by atoms with Gasteiger partial charge in [0.1, 0.15) is 5.82 Å². The molecule has 2 aromatic carbocycles. The van der Waals surface area contributed by atoms with Crippen LogP contribution < -0.4 is 10.6 Å². The standard InChI is InChI=1S/C14H9FN2O2/c15-9-5-1-2-6-10(9)16-11-7-3-4-8-12(11)14(19)17-13(8)18/h1-7,16H,(H,17,18,19). The molecule has 0 atom stereocenters. The Labute approximate surface area is 108 Å². The minimum Gasteiger partial charge on any atom is -0.352 e. The molecule has 0 aromatic heterocycles. The molecule has 1 heterocycles. The SMILES string of the molecule is O=C1NC(=O)c2c(Nc3ccccc3F)cccc21. The lowest BCUT2D eigenvalue weighted by Gasteiger charge is -2.09. The summed E-state index contributed by atoms with van der Waals surface area (Å²) < 4.78 is 13.6. The first-order chi connectivity index (χ1) is 9.16. The highest BCUT2D eigenvalue weighted by Gasteiger charge is 2.29. The van der Waals surface area contributed by atoms with Crippen LogP contribution in [0.5, 0.6) is 0 Å². The number of nitrogens with one attached hydrogen (secondary N) is 2. The van der Waals surface area contributed by atoms with E-state index in [4.69, 9.17) is 0 Å². The van der Waals surface area contributed by atoms with Crippen molar-refractivity contribution in [3.63, 3.8) is 0 Å². The second-order valence-electron chi connectivity index (χ2n) is 4.12. The predicted octanol–water partition coefficient (Wildman–Crippen LogP) is 2.45. The summed E-state index contributed by atoms with van der Waals surface area (Å²) in [5, 5.41) is 5.05. The van der Waals surface area contributed by atoms with Gasteiger partial charge in [-0.15, -0.1) is 0 Å². The Morgan fingerprint density at radius 2 is 1.63 bits per heavy atom. The molecule has 0 fully saturated rings. The van der Waals surface area contributed by atoms with E-state index >= 15 is 0 Å². The Hall–Kier alpha value is -2.69. The Bertz CT molecular complexity index is 698. The molecule has 5 heteroatoms. The third kappa shape index (κ3) is 1.85. The zero-order valence-electron chi connectivity index (χ0n) is 9.74. The second-order valence-corrected chi connectivity index (χ2v) is 4.12. The van der Waals surface area contributed by atoms with Gasteiger partial charge in [0.2, 0.25) is 0 Å². The zero-order valence-corrected chi connectivity index (χ0v) is 9.74. The first kappa shape index (κ1) is 11.4. The van der Waals surface area contributed by atoms with Crippen LogP contribution in [0.2, 0.25) is 0 Å². The molecule has 19 heavy (non-hydrogen) atoms. The van der Waals surface area contributed by atoms with Crippen LogP contribution in [-0.2, 0) is 0 Å². The summed E-state index contributed by atoms with van der Waals surface area (Å²) in [6.07, 6.45) is 0. The predicted molar refractivity (Wildman–Crippen MR) is 67.9 cm³/mol. The molecule has 0 spiro atoms. The van der Waals surface area contributed by atoms with Crippen molar-refractivity contribution in [2.24, 2.45) is 0 Å². The first-order valence-electron chi connectivity index (χ1n) is 5.67. The summed E-state index contributed by atoms with van der Waals surface area (Å²) >= 11 is 0. The molecule has 1 aliphatic heterocycles. The van der Waals surface area contributed by atoms with Crippen molar-refractivity contribution >= 4 is 23.2 Å². The Morgan fingerprint density at radius 1 is 0.895 bits per heavy atom. The quantitative estimate of drug-likeness (QED) is 0.811. The van der Waals surface area contributed by atoms with Crippen LogP contribution in [0.25, 0.3) is 0 Å². The number of carbonyl (C=O) groups excluding carboxylic acids is 2. The van der Waals surface area contributed by atoms with Crippen LogP contribution in [0.3, 0.4) is 0 Å². The lowest BCUT2D eigenvalue weighted by atomic mass is 10.1. The molecule has 0 bridgehead atoms. The van der Waals surface area contributed by atoms with E-state index in [1.165, 1.54) is 6.07 Å². The van der Waals surface area contributed by atoms with E-state index in [2.05, 4.69) is 10.6 Å². The van der Waals surface area contributed by atoms with Gasteiger partial charge in [0.05, 0.1) is 22.5 Å². The summed E-state index contributed by atoms with van der Waals surface area (Å²) in [6, 6.07) is 11.0.